The summed E-state index contributed by atoms with van der Waals surface area (Å²) in [5, 5.41) is 4.24. The molecule has 0 aliphatic carbocycles. The van der Waals surface area contributed by atoms with Crippen LogP contribution < -0.4 is 16.0 Å². The van der Waals surface area contributed by atoms with Crippen LogP contribution >= 0.6 is 11.3 Å². The van der Waals surface area contributed by atoms with Gasteiger partial charge in [-0.05, 0) is 49.6 Å². The number of hydrogen-bond donors (Lipinski definition) is 2. The van der Waals surface area contributed by atoms with Crippen molar-refractivity contribution in [1.82, 2.24) is 9.88 Å². The number of ether oxygens (including phenoxy) is 1. The van der Waals surface area contributed by atoms with E-state index in [9.17, 15) is 0 Å². The molecular formula is C25H31N5OS. The third-order valence-electron chi connectivity index (χ3n) is 6.44. The molecule has 2 fully saturated rings. The summed E-state index contributed by atoms with van der Waals surface area (Å²) in [4.78, 5) is 10.7. The van der Waals surface area contributed by atoms with E-state index in [1.54, 1.807) is 11.3 Å². The summed E-state index contributed by atoms with van der Waals surface area (Å²) in [6.07, 6.45) is 2.44. The Kier molecular flexibility index (Phi) is 6.30. The Morgan fingerprint density at radius 1 is 1.03 bits per heavy atom. The SMILES string of the molecule is Cc1cccc(-c2sc(Nc3ccc(N4CCC(N5CCOCC5)CC4)cc3)nc2N)c1. The predicted molar refractivity (Wildman–Crippen MR) is 134 cm³/mol. The number of hydrogen-bond acceptors (Lipinski definition) is 7. The minimum atomic E-state index is 0.572. The number of anilines is 4. The Labute approximate surface area is 194 Å². The fourth-order valence-electron chi connectivity index (χ4n) is 4.69. The van der Waals surface area contributed by atoms with Gasteiger partial charge in [0.25, 0.3) is 0 Å². The number of thiazole rings is 1. The van der Waals surface area contributed by atoms with E-state index in [-0.39, 0.29) is 0 Å². The van der Waals surface area contributed by atoms with E-state index in [1.165, 1.54) is 24.1 Å². The van der Waals surface area contributed by atoms with Gasteiger partial charge in [0.15, 0.2) is 5.13 Å². The van der Waals surface area contributed by atoms with Gasteiger partial charge < -0.3 is 20.7 Å². The molecule has 0 unspecified atom stereocenters. The van der Waals surface area contributed by atoms with Crippen LogP contribution in [0.1, 0.15) is 18.4 Å². The summed E-state index contributed by atoms with van der Waals surface area (Å²) in [5.41, 5.74) is 10.9. The first kappa shape index (κ1) is 21.2. The lowest BCUT2D eigenvalue weighted by molar-refractivity contribution is 0.0115. The zero-order valence-corrected chi connectivity index (χ0v) is 19.4. The summed E-state index contributed by atoms with van der Waals surface area (Å²) in [5.74, 6) is 0.572. The first-order valence-corrected chi connectivity index (χ1v) is 12.2. The van der Waals surface area contributed by atoms with E-state index in [1.807, 2.05) is 0 Å². The van der Waals surface area contributed by atoms with Crippen LogP contribution in [-0.4, -0.2) is 55.3 Å². The molecule has 6 nitrogen and oxygen atoms in total. The van der Waals surface area contributed by atoms with Gasteiger partial charge in [-0.15, -0.1) is 0 Å². The highest BCUT2D eigenvalue weighted by molar-refractivity contribution is 7.19. The zero-order valence-electron chi connectivity index (χ0n) is 18.6. The molecule has 2 saturated heterocycles. The van der Waals surface area contributed by atoms with E-state index in [2.05, 4.69) is 75.6 Å². The van der Waals surface area contributed by atoms with E-state index in [4.69, 9.17) is 10.5 Å². The minimum absolute atomic E-state index is 0.572. The molecular weight excluding hydrogens is 418 g/mol. The molecule has 3 aromatic rings. The molecule has 2 aliphatic heterocycles. The van der Waals surface area contributed by atoms with Crippen molar-refractivity contribution in [2.75, 3.05) is 55.3 Å². The quantitative estimate of drug-likeness (QED) is 0.586. The molecule has 5 rings (SSSR count). The third-order valence-corrected chi connectivity index (χ3v) is 7.48. The Morgan fingerprint density at radius 2 is 1.78 bits per heavy atom. The van der Waals surface area contributed by atoms with Gasteiger partial charge in [-0.3, -0.25) is 4.90 Å². The molecule has 0 saturated carbocycles. The second kappa shape index (κ2) is 9.48. The summed E-state index contributed by atoms with van der Waals surface area (Å²) in [6.45, 7) is 8.23. The topological polar surface area (TPSA) is 66.6 Å². The lowest BCUT2D eigenvalue weighted by Crippen LogP contribution is -2.49. The Bertz CT molecular complexity index is 1040. The number of nitrogens with two attached hydrogens (primary N) is 1. The van der Waals surface area contributed by atoms with Crippen LogP contribution in [-0.2, 0) is 4.74 Å². The van der Waals surface area contributed by atoms with Crippen LogP contribution in [0.2, 0.25) is 0 Å². The van der Waals surface area contributed by atoms with Gasteiger partial charge in [0.1, 0.15) is 5.82 Å². The molecule has 0 radical (unpaired) electrons. The average Bonchev–Trinajstić information content (AvgIpc) is 3.20. The number of aromatic nitrogens is 1. The van der Waals surface area contributed by atoms with E-state index in [0.29, 0.717) is 11.9 Å². The number of aryl methyl sites for hydroxylation is 1. The van der Waals surface area contributed by atoms with Gasteiger partial charge in [0.05, 0.1) is 18.1 Å². The molecule has 3 N–H and O–H groups in total. The van der Waals surface area contributed by atoms with Crippen LogP contribution in [0.4, 0.5) is 22.3 Å². The number of morpholine rings is 1. The predicted octanol–water partition coefficient (Wildman–Crippen LogP) is 4.75. The van der Waals surface area contributed by atoms with Crippen molar-refractivity contribution >= 4 is 33.7 Å². The van der Waals surface area contributed by atoms with Crippen LogP contribution in [0.15, 0.2) is 48.5 Å². The van der Waals surface area contributed by atoms with Crippen molar-refractivity contribution < 1.29 is 4.74 Å². The minimum Gasteiger partial charge on any atom is -0.382 e. The van der Waals surface area contributed by atoms with Crippen LogP contribution in [0, 0.1) is 6.92 Å². The van der Waals surface area contributed by atoms with Crippen molar-refractivity contribution in [2.45, 2.75) is 25.8 Å². The maximum absolute atomic E-state index is 6.21. The van der Waals surface area contributed by atoms with E-state index >= 15 is 0 Å². The molecule has 0 bridgehead atoms. The van der Waals surface area contributed by atoms with Crippen molar-refractivity contribution in [1.29, 1.82) is 0 Å². The average molecular weight is 450 g/mol. The van der Waals surface area contributed by atoms with Crippen molar-refractivity contribution in [3.8, 4) is 10.4 Å². The molecule has 32 heavy (non-hydrogen) atoms. The second-order valence-corrected chi connectivity index (χ2v) is 9.64. The number of piperidine rings is 1. The Balaban J connectivity index is 1.20. The molecule has 0 atom stereocenters. The highest BCUT2D eigenvalue weighted by Gasteiger charge is 2.25. The van der Waals surface area contributed by atoms with Crippen molar-refractivity contribution in [3.05, 3.63) is 54.1 Å². The molecule has 2 aliphatic rings. The molecule has 3 heterocycles. The second-order valence-electron chi connectivity index (χ2n) is 8.64. The zero-order chi connectivity index (χ0) is 21.9. The van der Waals surface area contributed by atoms with Crippen molar-refractivity contribution in [2.24, 2.45) is 0 Å². The molecule has 0 spiro atoms. The smallest absolute Gasteiger partial charge is 0.189 e. The fraction of sp³-hybridized carbons (Fsp3) is 0.400. The normalized spacial score (nSPS) is 18.1. The van der Waals surface area contributed by atoms with Gasteiger partial charge in [-0.1, -0.05) is 41.2 Å². The number of rotatable bonds is 5. The van der Waals surface area contributed by atoms with Crippen molar-refractivity contribution in [3.63, 3.8) is 0 Å². The summed E-state index contributed by atoms with van der Waals surface area (Å²) < 4.78 is 5.50. The van der Waals surface area contributed by atoms with Gasteiger partial charge in [-0.25, -0.2) is 4.98 Å². The maximum Gasteiger partial charge on any atom is 0.189 e. The third kappa shape index (κ3) is 4.75. The highest BCUT2D eigenvalue weighted by Crippen LogP contribution is 2.36. The number of nitrogens with one attached hydrogen (secondary N) is 1. The summed E-state index contributed by atoms with van der Waals surface area (Å²) in [6, 6.07) is 17.7. The Morgan fingerprint density at radius 3 is 2.50 bits per heavy atom. The number of nitrogens with zero attached hydrogens (tertiary/aromatic N) is 3. The molecule has 1 aromatic heterocycles. The lowest BCUT2D eigenvalue weighted by atomic mass is 10.0. The maximum atomic E-state index is 6.21. The monoisotopic (exact) mass is 449 g/mol. The molecule has 2 aromatic carbocycles. The lowest BCUT2D eigenvalue weighted by Gasteiger charge is -2.40. The van der Waals surface area contributed by atoms with Gasteiger partial charge >= 0.3 is 0 Å². The fourth-order valence-corrected chi connectivity index (χ4v) is 5.59. The van der Waals surface area contributed by atoms with Gasteiger partial charge in [-0.2, -0.15) is 0 Å². The summed E-state index contributed by atoms with van der Waals surface area (Å²) in [7, 11) is 0. The van der Waals surface area contributed by atoms with E-state index < -0.39 is 0 Å². The summed E-state index contributed by atoms with van der Waals surface area (Å²) >= 11 is 1.59. The molecule has 168 valence electrons. The van der Waals surface area contributed by atoms with Gasteiger partial charge in [0, 0.05) is 43.6 Å². The van der Waals surface area contributed by atoms with Crippen LogP contribution in [0.5, 0.6) is 0 Å². The highest BCUT2D eigenvalue weighted by atomic mass is 32.1. The first-order chi connectivity index (χ1) is 15.7. The largest absolute Gasteiger partial charge is 0.382 e. The first-order valence-electron chi connectivity index (χ1n) is 11.4. The number of benzene rings is 2. The van der Waals surface area contributed by atoms with E-state index in [0.717, 1.165) is 60.7 Å². The Hall–Kier alpha value is -2.61. The molecule has 0 amide bonds. The molecule has 7 heteroatoms. The van der Waals surface area contributed by atoms with Crippen LogP contribution in [0.3, 0.4) is 0 Å². The van der Waals surface area contributed by atoms with Crippen LogP contribution in [0.25, 0.3) is 10.4 Å². The standard InChI is InChI=1S/C25H31N5OS/c1-18-3-2-4-19(17-18)23-24(26)28-25(32-23)27-20-5-7-21(8-6-20)29-11-9-22(10-12-29)30-13-15-31-16-14-30/h2-8,17,22H,9-16,26H2,1H3,(H,27,28). The number of nitrogen functional groups attached to an aromatic ring is 1. The van der Waals surface area contributed by atoms with Gasteiger partial charge in [0.2, 0.25) is 0 Å².